The summed E-state index contributed by atoms with van der Waals surface area (Å²) >= 11 is 0. The molecule has 2 N–H and O–H groups in total. The molecule has 2 atom stereocenters. The molecule has 0 aromatic heterocycles. The molecular formula is C8H10F3NO. The van der Waals surface area contributed by atoms with E-state index in [2.05, 4.69) is 4.74 Å². The number of hydrogen-bond acceptors (Lipinski definition) is 2. The molecule has 2 nitrogen and oxygen atoms in total. The third-order valence-corrected chi connectivity index (χ3v) is 2.05. The minimum Gasteiger partial charge on any atom is -0.363 e. The van der Waals surface area contributed by atoms with E-state index in [1.807, 2.05) is 0 Å². The number of ether oxygens (including phenoxy) is 1. The highest BCUT2D eigenvalue weighted by Gasteiger charge is 2.57. The summed E-state index contributed by atoms with van der Waals surface area (Å²) in [7, 11) is 0.997. The Labute approximate surface area is 73.9 Å². The predicted octanol–water partition coefficient (Wildman–Crippen LogP) is 1.39. The van der Waals surface area contributed by atoms with Crippen molar-refractivity contribution in [2.45, 2.75) is 17.8 Å². The first kappa shape index (κ1) is 10.3. The summed E-state index contributed by atoms with van der Waals surface area (Å²) in [6, 6.07) is -1.19. The van der Waals surface area contributed by atoms with E-state index in [-0.39, 0.29) is 0 Å². The SMILES string of the molecule is COC1(C(F)(F)F)C=CC=CC1N. The predicted molar refractivity (Wildman–Crippen MR) is 42.1 cm³/mol. The minimum atomic E-state index is -4.50. The Bertz CT molecular complexity index is 246. The maximum atomic E-state index is 12.6. The summed E-state index contributed by atoms with van der Waals surface area (Å²) in [5.41, 5.74) is 2.95. The van der Waals surface area contributed by atoms with E-state index < -0.39 is 17.8 Å². The number of methoxy groups -OCH3 is 1. The first-order chi connectivity index (χ1) is 5.94. The van der Waals surface area contributed by atoms with Crippen molar-refractivity contribution in [2.24, 2.45) is 5.73 Å². The van der Waals surface area contributed by atoms with Crippen LogP contribution in [0.2, 0.25) is 0 Å². The van der Waals surface area contributed by atoms with Crippen molar-refractivity contribution in [1.82, 2.24) is 0 Å². The van der Waals surface area contributed by atoms with E-state index in [0.717, 1.165) is 13.2 Å². The Morgan fingerprint density at radius 1 is 1.38 bits per heavy atom. The van der Waals surface area contributed by atoms with Crippen molar-refractivity contribution in [3.05, 3.63) is 24.3 Å². The molecule has 0 fully saturated rings. The lowest BCUT2D eigenvalue weighted by Crippen LogP contribution is -2.58. The maximum absolute atomic E-state index is 12.6. The third-order valence-electron chi connectivity index (χ3n) is 2.05. The van der Waals surface area contributed by atoms with Crippen molar-refractivity contribution in [2.75, 3.05) is 7.11 Å². The zero-order valence-electron chi connectivity index (χ0n) is 7.01. The molecule has 13 heavy (non-hydrogen) atoms. The van der Waals surface area contributed by atoms with Gasteiger partial charge >= 0.3 is 6.18 Å². The van der Waals surface area contributed by atoms with Crippen LogP contribution in [0, 0.1) is 0 Å². The first-order valence-corrected chi connectivity index (χ1v) is 3.67. The van der Waals surface area contributed by atoms with Gasteiger partial charge in [0.05, 0.1) is 6.04 Å². The summed E-state index contributed by atoms with van der Waals surface area (Å²) in [5, 5.41) is 0. The zero-order chi connectivity index (χ0) is 10.1. The summed E-state index contributed by atoms with van der Waals surface area (Å²) in [5.74, 6) is 0. The van der Waals surface area contributed by atoms with E-state index in [4.69, 9.17) is 5.73 Å². The van der Waals surface area contributed by atoms with Crippen LogP contribution in [-0.2, 0) is 4.74 Å². The molecule has 1 rings (SSSR count). The molecule has 0 radical (unpaired) electrons. The van der Waals surface area contributed by atoms with Gasteiger partial charge in [0.1, 0.15) is 0 Å². The second-order valence-corrected chi connectivity index (χ2v) is 2.76. The number of rotatable bonds is 1. The van der Waals surface area contributed by atoms with Gasteiger partial charge in [0, 0.05) is 7.11 Å². The summed E-state index contributed by atoms with van der Waals surface area (Å²) in [4.78, 5) is 0. The van der Waals surface area contributed by atoms with E-state index in [0.29, 0.717) is 0 Å². The molecule has 1 aliphatic rings. The van der Waals surface area contributed by atoms with Crippen LogP contribution >= 0.6 is 0 Å². The van der Waals surface area contributed by atoms with Gasteiger partial charge < -0.3 is 10.5 Å². The second-order valence-electron chi connectivity index (χ2n) is 2.76. The average Bonchev–Trinajstić information content (AvgIpc) is 2.03. The monoisotopic (exact) mass is 193 g/mol. The highest BCUT2D eigenvalue weighted by Crippen LogP contribution is 2.38. The molecule has 0 aromatic rings. The lowest BCUT2D eigenvalue weighted by molar-refractivity contribution is -0.252. The largest absolute Gasteiger partial charge is 0.422 e. The molecule has 0 saturated carbocycles. The number of hydrogen-bond donors (Lipinski definition) is 1. The maximum Gasteiger partial charge on any atom is 0.422 e. The smallest absolute Gasteiger partial charge is 0.363 e. The lowest BCUT2D eigenvalue weighted by atomic mass is 9.89. The van der Waals surface area contributed by atoms with Crippen LogP contribution in [0.5, 0.6) is 0 Å². The van der Waals surface area contributed by atoms with Crippen molar-refractivity contribution >= 4 is 0 Å². The van der Waals surface area contributed by atoms with E-state index >= 15 is 0 Å². The van der Waals surface area contributed by atoms with Crippen LogP contribution in [-0.4, -0.2) is 24.9 Å². The zero-order valence-corrected chi connectivity index (χ0v) is 7.01. The van der Waals surface area contributed by atoms with Gasteiger partial charge in [-0.1, -0.05) is 18.2 Å². The summed E-state index contributed by atoms with van der Waals surface area (Å²) in [6.07, 6.45) is 0.436. The van der Waals surface area contributed by atoms with Crippen LogP contribution in [0.15, 0.2) is 24.3 Å². The first-order valence-electron chi connectivity index (χ1n) is 3.67. The molecule has 5 heteroatoms. The van der Waals surface area contributed by atoms with E-state index in [1.54, 1.807) is 0 Å². The van der Waals surface area contributed by atoms with E-state index in [1.165, 1.54) is 18.2 Å². The molecule has 0 spiro atoms. The second kappa shape index (κ2) is 3.16. The molecule has 0 aromatic carbocycles. The molecule has 0 saturated heterocycles. The van der Waals surface area contributed by atoms with Crippen LogP contribution in [0.4, 0.5) is 13.2 Å². The van der Waals surface area contributed by atoms with Crippen molar-refractivity contribution in [1.29, 1.82) is 0 Å². The van der Waals surface area contributed by atoms with Gasteiger partial charge in [-0.2, -0.15) is 13.2 Å². The fraction of sp³-hybridized carbons (Fsp3) is 0.500. The van der Waals surface area contributed by atoms with Gasteiger partial charge in [-0.25, -0.2) is 0 Å². The Morgan fingerprint density at radius 2 is 2.00 bits per heavy atom. The quantitative estimate of drug-likeness (QED) is 0.682. The Hall–Kier alpha value is -0.810. The summed E-state index contributed by atoms with van der Waals surface area (Å²) < 4.78 is 42.1. The minimum absolute atomic E-state index is 0.928. The fourth-order valence-electron chi connectivity index (χ4n) is 1.24. The highest BCUT2D eigenvalue weighted by molar-refractivity contribution is 5.27. The molecule has 2 unspecified atom stereocenters. The van der Waals surface area contributed by atoms with Gasteiger partial charge in [-0.15, -0.1) is 0 Å². The van der Waals surface area contributed by atoms with Gasteiger partial charge in [-0.05, 0) is 6.08 Å². The lowest BCUT2D eigenvalue weighted by Gasteiger charge is -2.36. The van der Waals surface area contributed by atoms with Crippen LogP contribution in [0.25, 0.3) is 0 Å². The number of allylic oxidation sites excluding steroid dienone is 2. The third kappa shape index (κ3) is 1.49. The Morgan fingerprint density at radius 3 is 2.31 bits per heavy atom. The Balaban J connectivity index is 3.06. The Kier molecular flexibility index (Phi) is 2.49. The average molecular weight is 193 g/mol. The molecule has 0 aliphatic heterocycles. The van der Waals surface area contributed by atoms with Crippen LogP contribution in [0.3, 0.4) is 0 Å². The molecule has 74 valence electrons. The van der Waals surface area contributed by atoms with Gasteiger partial charge in [0.2, 0.25) is 0 Å². The number of alkyl halides is 3. The topological polar surface area (TPSA) is 35.2 Å². The molecule has 1 aliphatic carbocycles. The normalized spacial score (nSPS) is 33.8. The molecular weight excluding hydrogens is 183 g/mol. The fourth-order valence-corrected chi connectivity index (χ4v) is 1.24. The van der Waals surface area contributed by atoms with Crippen molar-refractivity contribution < 1.29 is 17.9 Å². The molecule has 0 heterocycles. The van der Waals surface area contributed by atoms with Gasteiger partial charge in [-0.3, -0.25) is 0 Å². The van der Waals surface area contributed by atoms with Crippen molar-refractivity contribution in [3.63, 3.8) is 0 Å². The summed E-state index contributed by atoms with van der Waals surface area (Å²) in [6.45, 7) is 0. The molecule has 0 amide bonds. The number of halogens is 3. The van der Waals surface area contributed by atoms with Crippen molar-refractivity contribution in [3.8, 4) is 0 Å². The highest BCUT2D eigenvalue weighted by atomic mass is 19.4. The standard InChI is InChI=1S/C8H10F3NO/c1-13-7(8(9,10)11)5-3-2-4-6(7)12/h2-6H,12H2,1H3. The van der Waals surface area contributed by atoms with Gasteiger partial charge in [0.25, 0.3) is 0 Å². The number of nitrogens with two attached hydrogens (primary N) is 1. The van der Waals surface area contributed by atoms with Crippen LogP contribution < -0.4 is 5.73 Å². The molecule has 0 bridgehead atoms. The van der Waals surface area contributed by atoms with Crippen LogP contribution in [0.1, 0.15) is 0 Å². The van der Waals surface area contributed by atoms with E-state index in [9.17, 15) is 13.2 Å². The van der Waals surface area contributed by atoms with Gasteiger partial charge in [0.15, 0.2) is 5.60 Å².